The zero-order chi connectivity index (χ0) is 14.3. The van der Waals surface area contributed by atoms with E-state index < -0.39 is 0 Å². The van der Waals surface area contributed by atoms with E-state index in [4.69, 9.17) is 0 Å². The number of ketones is 1. The first-order valence-corrected chi connectivity index (χ1v) is 6.93. The molecule has 102 valence electrons. The van der Waals surface area contributed by atoms with E-state index in [0.717, 1.165) is 28.7 Å². The molecule has 1 aliphatic carbocycles. The first-order valence-electron chi connectivity index (χ1n) is 6.93. The number of halogens is 1. The first-order chi connectivity index (χ1) is 9.56. The lowest BCUT2D eigenvalue weighted by molar-refractivity contribution is 0.0964. The molecule has 1 fully saturated rings. The van der Waals surface area contributed by atoms with Gasteiger partial charge in [0.25, 0.3) is 0 Å². The summed E-state index contributed by atoms with van der Waals surface area (Å²) in [6, 6.07) is 12.5. The molecule has 0 aliphatic heterocycles. The average molecular weight is 268 g/mol. The summed E-state index contributed by atoms with van der Waals surface area (Å²) in [5.41, 5.74) is 4.04. The lowest BCUT2D eigenvalue weighted by Gasteiger charge is -2.06. The fourth-order valence-electron chi connectivity index (χ4n) is 2.76. The van der Waals surface area contributed by atoms with Gasteiger partial charge in [-0.2, -0.15) is 0 Å². The molecule has 0 bridgehead atoms. The van der Waals surface area contributed by atoms with Crippen LogP contribution in [0.4, 0.5) is 4.39 Å². The molecule has 0 saturated heterocycles. The van der Waals surface area contributed by atoms with Gasteiger partial charge in [0.05, 0.1) is 0 Å². The Balaban J connectivity index is 1.80. The molecule has 0 heterocycles. The number of carbonyl (C=O) groups excluding carboxylic acids is 1. The lowest BCUT2D eigenvalue weighted by Crippen LogP contribution is -2.06. The molecular formula is C18H17FO. The summed E-state index contributed by atoms with van der Waals surface area (Å²) in [6.07, 6.45) is 0.873. The minimum absolute atomic E-state index is 0.0564. The Bertz CT molecular complexity index is 658. The van der Waals surface area contributed by atoms with Gasteiger partial charge in [0.2, 0.25) is 0 Å². The van der Waals surface area contributed by atoms with Crippen molar-refractivity contribution in [2.45, 2.75) is 26.2 Å². The van der Waals surface area contributed by atoms with Gasteiger partial charge in [-0.1, -0.05) is 29.8 Å². The summed E-state index contributed by atoms with van der Waals surface area (Å²) in [7, 11) is 0. The van der Waals surface area contributed by atoms with E-state index in [9.17, 15) is 9.18 Å². The third-order valence-corrected chi connectivity index (χ3v) is 4.08. The first kappa shape index (κ1) is 13.0. The van der Waals surface area contributed by atoms with E-state index in [2.05, 4.69) is 0 Å². The molecule has 0 amide bonds. The van der Waals surface area contributed by atoms with Crippen LogP contribution in [0.5, 0.6) is 0 Å². The van der Waals surface area contributed by atoms with Gasteiger partial charge in [0.1, 0.15) is 5.82 Å². The second kappa shape index (κ2) is 4.86. The molecule has 0 radical (unpaired) electrons. The van der Waals surface area contributed by atoms with Crippen molar-refractivity contribution in [3.8, 4) is 0 Å². The third-order valence-electron chi connectivity index (χ3n) is 4.08. The predicted octanol–water partition coefficient (Wildman–Crippen LogP) is 4.43. The Hall–Kier alpha value is -1.96. The molecule has 2 aromatic rings. The van der Waals surface area contributed by atoms with Crippen LogP contribution in [-0.4, -0.2) is 5.78 Å². The third kappa shape index (κ3) is 2.38. The maximum atomic E-state index is 12.9. The Morgan fingerprint density at radius 2 is 1.80 bits per heavy atom. The van der Waals surface area contributed by atoms with Crippen molar-refractivity contribution in [2.75, 3.05) is 0 Å². The molecule has 20 heavy (non-hydrogen) atoms. The van der Waals surface area contributed by atoms with Crippen molar-refractivity contribution < 1.29 is 9.18 Å². The van der Waals surface area contributed by atoms with Crippen LogP contribution in [0.15, 0.2) is 42.5 Å². The molecule has 0 aromatic heterocycles. The van der Waals surface area contributed by atoms with E-state index in [0.29, 0.717) is 0 Å². The van der Waals surface area contributed by atoms with Crippen molar-refractivity contribution in [1.82, 2.24) is 0 Å². The normalized spacial score (nSPS) is 20.8. The molecule has 1 saturated carbocycles. The molecule has 1 aliphatic rings. The molecule has 0 N–H and O–H groups in total. The molecule has 2 unspecified atom stereocenters. The van der Waals surface area contributed by atoms with Crippen LogP contribution in [-0.2, 0) is 0 Å². The largest absolute Gasteiger partial charge is 0.294 e. The second-order valence-electron chi connectivity index (χ2n) is 5.68. The fraction of sp³-hybridized carbons (Fsp3) is 0.278. The Labute approximate surface area is 118 Å². The quantitative estimate of drug-likeness (QED) is 0.753. The Morgan fingerprint density at radius 3 is 2.50 bits per heavy atom. The number of carbonyl (C=O) groups is 1. The highest BCUT2D eigenvalue weighted by Crippen LogP contribution is 2.49. The highest BCUT2D eigenvalue weighted by molar-refractivity contribution is 6.01. The van der Waals surface area contributed by atoms with Gasteiger partial charge in [0, 0.05) is 11.5 Å². The summed E-state index contributed by atoms with van der Waals surface area (Å²) in [6.45, 7) is 3.97. The second-order valence-corrected chi connectivity index (χ2v) is 5.68. The Morgan fingerprint density at radius 1 is 1.10 bits per heavy atom. The monoisotopic (exact) mass is 268 g/mol. The van der Waals surface area contributed by atoms with Gasteiger partial charge < -0.3 is 0 Å². The van der Waals surface area contributed by atoms with Gasteiger partial charge in [-0.3, -0.25) is 4.79 Å². The summed E-state index contributed by atoms with van der Waals surface area (Å²) < 4.78 is 12.9. The van der Waals surface area contributed by atoms with Gasteiger partial charge >= 0.3 is 0 Å². The van der Waals surface area contributed by atoms with Crippen LogP contribution in [0.25, 0.3) is 0 Å². The highest BCUT2D eigenvalue weighted by atomic mass is 19.1. The number of hydrogen-bond acceptors (Lipinski definition) is 1. The standard InChI is InChI=1S/C18H17FO/c1-11-3-4-12(2)15(9-11)18(20)17-10-16(17)13-5-7-14(19)8-6-13/h3-9,16-17H,10H2,1-2H3. The number of hydrogen-bond donors (Lipinski definition) is 0. The number of aryl methyl sites for hydroxylation is 2. The maximum absolute atomic E-state index is 12.9. The molecule has 0 spiro atoms. The van der Waals surface area contributed by atoms with Crippen molar-refractivity contribution in [2.24, 2.45) is 5.92 Å². The SMILES string of the molecule is Cc1ccc(C)c(C(=O)C2CC2c2ccc(F)cc2)c1. The summed E-state index contributed by atoms with van der Waals surface area (Å²) in [5.74, 6) is 0.302. The van der Waals surface area contributed by atoms with E-state index in [-0.39, 0.29) is 23.4 Å². The van der Waals surface area contributed by atoms with Crippen LogP contribution in [0, 0.1) is 25.6 Å². The van der Waals surface area contributed by atoms with Gasteiger partial charge in [-0.15, -0.1) is 0 Å². The topological polar surface area (TPSA) is 17.1 Å². The van der Waals surface area contributed by atoms with Crippen molar-refractivity contribution in [1.29, 1.82) is 0 Å². The minimum atomic E-state index is -0.230. The fourth-order valence-corrected chi connectivity index (χ4v) is 2.76. The average Bonchev–Trinajstić information content (AvgIpc) is 3.22. The van der Waals surface area contributed by atoms with Crippen LogP contribution in [0.3, 0.4) is 0 Å². The number of benzene rings is 2. The molecule has 3 rings (SSSR count). The van der Waals surface area contributed by atoms with Crippen molar-refractivity contribution >= 4 is 5.78 Å². The van der Waals surface area contributed by atoms with Gasteiger partial charge in [-0.25, -0.2) is 4.39 Å². The molecule has 2 aromatic carbocycles. The van der Waals surface area contributed by atoms with Gasteiger partial charge in [-0.05, 0) is 55.5 Å². The van der Waals surface area contributed by atoms with E-state index in [1.807, 2.05) is 32.0 Å². The summed E-state index contributed by atoms with van der Waals surface area (Å²) >= 11 is 0. The minimum Gasteiger partial charge on any atom is -0.294 e. The summed E-state index contributed by atoms with van der Waals surface area (Å²) in [4.78, 5) is 12.6. The van der Waals surface area contributed by atoms with Crippen LogP contribution >= 0.6 is 0 Å². The zero-order valence-corrected chi connectivity index (χ0v) is 11.7. The number of Topliss-reactive ketones (excluding diaryl/α,β-unsaturated/α-hetero) is 1. The van der Waals surface area contributed by atoms with E-state index in [1.54, 1.807) is 12.1 Å². The van der Waals surface area contributed by atoms with Crippen LogP contribution < -0.4 is 0 Å². The van der Waals surface area contributed by atoms with Crippen molar-refractivity contribution in [3.05, 3.63) is 70.5 Å². The van der Waals surface area contributed by atoms with Crippen molar-refractivity contribution in [3.63, 3.8) is 0 Å². The smallest absolute Gasteiger partial charge is 0.166 e. The van der Waals surface area contributed by atoms with E-state index >= 15 is 0 Å². The molecule has 2 atom stereocenters. The maximum Gasteiger partial charge on any atom is 0.166 e. The zero-order valence-electron chi connectivity index (χ0n) is 11.7. The van der Waals surface area contributed by atoms with Crippen LogP contribution in [0.2, 0.25) is 0 Å². The van der Waals surface area contributed by atoms with Gasteiger partial charge in [0.15, 0.2) is 5.78 Å². The molecule has 2 heteroatoms. The predicted molar refractivity (Wildman–Crippen MR) is 77.5 cm³/mol. The highest BCUT2D eigenvalue weighted by Gasteiger charge is 2.44. The lowest BCUT2D eigenvalue weighted by atomic mass is 9.97. The Kier molecular flexibility index (Phi) is 3.17. The molecular weight excluding hydrogens is 251 g/mol. The summed E-state index contributed by atoms with van der Waals surface area (Å²) in [5, 5.41) is 0. The van der Waals surface area contributed by atoms with Crippen LogP contribution in [0.1, 0.15) is 39.4 Å². The number of rotatable bonds is 3. The molecule has 1 nitrogen and oxygen atoms in total. The van der Waals surface area contributed by atoms with E-state index in [1.165, 1.54) is 12.1 Å².